The van der Waals surface area contributed by atoms with Crippen LogP contribution < -0.4 is 0 Å². The number of hydrogen-bond donors (Lipinski definition) is 1. The summed E-state index contributed by atoms with van der Waals surface area (Å²) in [5.41, 5.74) is 0.404. The molecule has 0 spiro atoms. The minimum absolute atomic E-state index is 0.0184. The highest BCUT2D eigenvalue weighted by atomic mass is 16.3. The number of carbonyl (C=O) groups excluding carboxylic acids is 2. The molecular formula is C28H36N2O3. The van der Waals surface area contributed by atoms with Crippen LogP contribution in [0.4, 0.5) is 0 Å². The molecule has 2 aromatic carbocycles. The van der Waals surface area contributed by atoms with E-state index in [-0.39, 0.29) is 29.4 Å². The smallest absolute Gasteiger partial charge is 0.239 e. The fourth-order valence-corrected chi connectivity index (χ4v) is 6.31. The van der Waals surface area contributed by atoms with Gasteiger partial charge in [0.15, 0.2) is 5.78 Å². The zero-order valence-corrected chi connectivity index (χ0v) is 19.5. The number of ketones is 1. The summed E-state index contributed by atoms with van der Waals surface area (Å²) in [5, 5.41) is 12.4. The summed E-state index contributed by atoms with van der Waals surface area (Å²) in [7, 11) is 0. The Bertz CT molecular complexity index is 1010. The maximum atomic E-state index is 13.4. The van der Waals surface area contributed by atoms with Gasteiger partial charge in [-0.15, -0.1) is 0 Å². The molecule has 176 valence electrons. The molecular weight excluding hydrogens is 412 g/mol. The van der Waals surface area contributed by atoms with E-state index >= 15 is 0 Å². The number of likely N-dealkylation sites (tertiary alicyclic amines) is 2. The standard InChI is InChI=1S/C28H36N2O3/c31-26(24-13-12-22-10-4-5-11-23(22)27(24)32)17-21-16-25(28(33)29-14-6-7-15-29)30(19-21)18-20-8-2-1-3-9-20/h4-5,10-13,20-21,25,32H,1-3,6-9,14-19H2/t21-,25+/m1/s1. The SMILES string of the molecule is O=C(C[C@H]1C[C@@H](C(=O)N2CCCC2)N(CC2CCCCC2)C1)c1ccc2ccccc2c1O. The van der Waals surface area contributed by atoms with Gasteiger partial charge in [-0.05, 0) is 55.4 Å². The van der Waals surface area contributed by atoms with E-state index in [1.165, 1.54) is 32.1 Å². The molecule has 2 aromatic rings. The summed E-state index contributed by atoms with van der Waals surface area (Å²) in [6.07, 6.45) is 9.79. The molecule has 5 rings (SSSR count). The maximum absolute atomic E-state index is 13.4. The van der Waals surface area contributed by atoms with Gasteiger partial charge in [0, 0.05) is 38.0 Å². The van der Waals surface area contributed by atoms with Gasteiger partial charge in [0.1, 0.15) is 5.75 Å². The number of rotatable bonds is 6. The Hall–Kier alpha value is -2.40. The molecule has 2 aliphatic heterocycles. The lowest BCUT2D eigenvalue weighted by Crippen LogP contribution is -2.46. The van der Waals surface area contributed by atoms with Gasteiger partial charge in [-0.1, -0.05) is 49.6 Å². The highest BCUT2D eigenvalue weighted by molar-refractivity contribution is 6.04. The number of Topliss-reactive ketones (excluding diaryl/α,β-unsaturated/α-hetero) is 1. The third-order valence-electron chi connectivity index (χ3n) is 8.09. The van der Waals surface area contributed by atoms with E-state index in [1.54, 1.807) is 6.07 Å². The summed E-state index contributed by atoms with van der Waals surface area (Å²) < 4.78 is 0. The van der Waals surface area contributed by atoms with Crippen LogP contribution >= 0.6 is 0 Å². The van der Waals surface area contributed by atoms with Gasteiger partial charge in [-0.3, -0.25) is 14.5 Å². The molecule has 2 atom stereocenters. The molecule has 2 saturated heterocycles. The molecule has 3 fully saturated rings. The van der Waals surface area contributed by atoms with Crippen molar-refractivity contribution in [2.24, 2.45) is 11.8 Å². The van der Waals surface area contributed by atoms with E-state index in [9.17, 15) is 14.7 Å². The molecule has 3 aliphatic rings. The quantitative estimate of drug-likeness (QED) is 0.631. The lowest BCUT2D eigenvalue weighted by atomic mass is 9.89. The van der Waals surface area contributed by atoms with E-state index < -0.39 is 0 Å². The second-order valence-electron chi connectivity index (χ2n) is 10.4. The molecule has 1 saturated carbocycles. The summed E-state index contributed by atoms with van der Waals surface area (Å²) in [6.45, 7) is 3.54. The van der Waals surface area contributed by atoms with E-state index in [1.807, 2.05) is 35.2 Å². The zero-order valence-electron chi connectivity index (χ0n) is 19.5. The predicted molar refractivity (Wildman–Crippen MR) is 130 cm³/mol. The fourth-order valence-electron chi connectivity index (χ4n) is 6.31. The second kappa shape index (κ2) is 9.84. The van der Waals surface area contributed by atoms with E-state index in [0.29, 0.717) is 17.9 Å². The van der Waals surface area contributed by atoms with Crippen molar-refractivity contribution in [1.82, 2.24) is 9.80 Å². The molecule has 5 nitrogen and oxygen atoms in total. The Morgan fingerprint density at radius 1 is 0.909 bits per heavy atom. The number of hydrogen-bond acceptors (Lipinski definition) is 4. The molecule has 0 aromatic heterocycles. The highest BCUT2D eigenvalue weighted by Gasteiger charge is 2.40. The molecule has 0 radical (unpaired) electrons. The Labute approximate surface area is 196 Å². The minimum Gasteiger partial charge on any atom is -0.507 e. The van der Waals surface area contributed by atoms with Crippen molar-refractivity contribution in [3.05, 3.63) is 42.0 Å². The number of amides is 1. The van der Waals surface area contributed by atoms with Crippen LogP contribution in [-0.2, 0) is 4.79 Å². The molecule has 2 heterocycles. The number of carbonyl (C=O) groups is 2. The van der Waals surface area contributed by atoms with Crippen LogP contribution in [0.25, 0.3) is 10.8 Å². The van der Waals surface area contributed by atoms with Gasteiger partial charge in [-0.25, -0.2) is 0 Å². The first-order valence-corrected chi connectivity index (χ1v) is 12.9. The lowest BCUT2D eigenvalue weighted by Gasteiger charge is -2.32. The van der Waals surface area contributed by atoms with Gasteiger partial charge in [0.05, 0.1) is 11.6 Å². The van der Waals surface area contributed by atoms with Crippen molar-refractivity contribution in [3.63, 3.8) is 0 Å². The second-order valence-corrected chi connectivity index (χ2v) is 10.4. The van der Waals surface area contributed by atoms with Crippen LogP contribution in [-0.4, -0.2) is 58.8 Å². The van der Waals surface area contributed by atoms with Crippen LogP contribution in [0.5, 0.6) is 5.75 Å². The van der Waals surface area contributed by atoms with Gasteiger partial charge < -0.3 is 10.0 Å². The van der Waals surface area contributed by atoms with E-state index in [4.69, 9.17) is 0 Å². The van der Waals surface area contributed by atoms with Crippen molar-refractivity contribution >= 4 is 22.5 Å². The van der Waals surface area contributed by atoms with Crippen molar-refractivity contribution < 1.29 is 14.7 Å². The Morgan fingerprint density at radius 3 is 2.45 bits per heavy atom. The molecule has 33 heavy (non-hydrogen) atoms. The topological polar surface area (TPSA) is 60.9 Å². The predicted octanol–water partition coefficient (Wildman–Crippen LogP) is 5.01. The van der Waals surface area contributed by atoms with Crippen molar-refractivity contribution in [1.29, 1.82) is 0 Å². The molecule has 0 bridgehead atoms. The summed E-state index contributed by atoms with van der Waals surface area (Å²) in [4.78, 5) is 31.0. The van der Waals surface area contributed by atoms with Crippen LogP contribution in [0.2, 0.25) is 0 Å². The zero-order chi connectivity index (χ0) is 22.8. The number of fused-ring (bicyclic) bond motifs is 1. The first-order valence-electron chi connectivity index (χ1n) is 12.9. The first kappa shape index (κ1) is 22.4. The monoisotopic (exact) mass is 448 g/mol. The van der Waals surface area contributed by atoms with Crippen LogP contribution in [0.1, 0.15) is 68.1 Å². The van der Waals surface area contributed by atoms with E-state index in [2.05, 4.69) is 4.90 Å². The van der Waals surface area contributed by atoms with Crippen molar-refractivity contribution in [3.8, 4) is 5.75 Å². The number of benzene rings is 2. The van der Waals surface area contributed by atoms with Crippen LogP contribution in [0, 0.1) is 11.8 Å². The lowest BCUT2D eigenvalue weighted by molar-refractivity contribution is -0.135. The van der Waals surface area contributed by atoms with Crippen molar-refractivity contribution in [2.45, 2.75) is 63.8 Å². The molecule has 1 N–H and O–H groups in total. The molecule has 5 heteroatoms. The third-order valence-corrected chi connectivity index (χ3v) is 8.09. The largest absolute Gasteiger partial charge is 0.507 e. The third kappa shape index (κ3) is 4.79. The van der Waals surface area contributed by atoms with Gasteiger partial charge >= 0.3 is 0 Å². The van der Waals surface area contributed by atoms with Crippen molar-refractivity contribution in [2.75, 3.05) is 26.2 Å². The summed E-state index contributed by atoms with van der Waals surface area (Å²) >= 11 is 0. The Balaban J connectivity index is 1.31. The minimum atomic E-state index is -0.0898. The number of phenols is 1. The number of nitrogens with zero attached hydrogens (tertiary/aromatic N) is 2. The maximum Gasteiger partial charge on any atom is 0.239 e. The number of aromatic hydroxyl groups is 1. The highest BCUT2D eigenvalue weighted by Crippen LogP contribution is 2.35. The first-order chi connectivity index (χ1) is 16.1. The number of phenolic OH excluding ortho intramolecular Hbond substituents is 1. The van der Waals surface area contributed by atoms with Crippen LogP contribution in [0.3, 0.4) is 0 Å². The average Bonchev–Trinajstić information content (AvgIpc) is 3.50. The normalized spacial score (nSPS) is 24.5. The van der Waals surface area contributed by atoms with Gasteiger partial charge in [0.2, 0.25) is 5.91 Å². The molecule has 0 unspecified atom stereocenters. The Morgan fingerprint density at radius 2 is 1.67 bits per heavy atom. The average molecular weight is 449 g/mol. The van der Waals surface area contributed by atoms with Gasteiger partial charge in [0.25, 0.3) is 0 Å². The molecule has 1 aliphatic carbocycles. The summed E-state index contributed by atoms with van der Waals surface area (Å²) in [5.74, 6) is 1.16. The van der Waals surface area contributed by atoms with Crippen LogP contribution in [0.15, 0.2) is 36.4 Å². The fraction of sp³-hybridized carbons (Fsp3) is 0.571. The Kier molecular flexibility index (Phi) is 6.68. The van der Waals surface area contributed by atoms with Gasteiger partial charge in [-0.2, -0.15) is 0 Å². The molecule has 1 amide bonds. The van der Waals surface area contributed by atoms with E-state index in [0.717, 1.165) is 56.2 Å². The summed E-state index contributed by atoms with van der Waals surface area (Å²) in [6, 6.07) is 11.2.